The first-order valence-corrected chi connectivity index (χ1v) is 13.8. The fourth-order valence-corrected chi connectivity index (χ4v) is 6.35. The molecular weight excluding hydrogens is 460 g/mol. The second-order valence-corrected chi connectivity index (χ2v) is 11.1. The summed E-state index contributed by atoms with van der Waals surface area (Å²) in [6.07, 6.45) is 5.61. The number of aryl methyl sites for hydroxylation is 1. The number of piperidine rings is 2. The predicted molar refractivity (Wildman–Crippen MR) is 139 cm³/mol. The Morgan fingerprint density at radius 2 is 1.86 bits per heavy atom. The van der Waals surface area contributed by atoms with Crippen LogP contribution in [-0.4, -0.2) is 66.2 Å². The molecule has 2 amide bonds. The van der Waals surface area contributed by atoms with Crippen LogP contribution in [0, 0.1) is 18.8 Å². The topological polar surface area (TPSA) is 81.7 Å². The van der Waals surface area contributed by atoms with Gasteiger partial charge >= 0.3 is 0 Å². The van der Waals surface area contributed by atoms with Crippen molar-refractivity contribution in [3.63, 3.8) is 0 Å². The summed E-state index contributed by atoms with van der Waals surface area (Å²) >= 11 is 1.46. The summed E-state index contributed by atoms with van der Waals surface area (Å²) in [6, 6.07) is 8.63. The molecule has 0 saturated carbocycles. The van der Waals surface area contributed by atoms with Crippen LogP contribution >= 0.6 is 11.3 Å². The minimum Gasteiger partial charge on any atom is -0.356 e. The van der Waals surface area contributed by atoms with Crippen molar-refractivity contribution < 1.29 is 9.59 Å². The lowest BCUT2D eigenvalue weighted by molar-refractivity contribution is -0.125. The molecule has 1 atom stereocenters. The molecule has 0 radical (unpaired) electrons. The van der Waals surface area contributed by atoms with E-state index in [0.717, 1.165) is 76.5 Å². The number of nitrogens with zero attached hydrogens (tertiary/aromatic N) is 5. The Kier molecular flexibility index (Phi) is 7.63. The van der Waals surface area contributed by atoms with E-state index in [1.807, 2.05) is 0 Å². The molecule has 9 heteroatoms. The Bertz CT molecular complexity index is 1030. The average molecular weight is 497 g/mol. The van der Waals surface area contributed by atoms with Crippen LogP contribution in [-0.2, 0) is 16.1 Å². The fourth-order valence-electron chi connectivity index (χ4n) is 5.43. The van der Waals surface area contributed by atoms with Gasteiger partial charge in [0.05, 0.1) is 5.92 Å². The van der Waals surface area contributed by atoms with E-state index in [1.165, 1.54) is 22.5 Å². The van der Waals surface area contributed by atoms with E-state index < -0.39 is 0 Å². The standard InChI is InChI=1S/C26H36N6O2S/c1-19-6-2-3-7-21(19)17-30-14-10-20(11-15-30)16-27-24(34)22-8-4-12-31(18-22)25-28-29-26(35-25)32-13-5-9-23(32)33/h2-3,6-7,20,22H,4-5,8-18H2,1H3,(H,27,34)/t22-/m0/s1. The highest BCUT2D eigenvalue weighted by molar-refractivity contribution is 7.19. The predicted octanol–water partition coefficient (Wildman–Crippen LogP) is 3.22. The van der Waals surface area contributed by atoms with E-state index >= 15 is 0 Å². The molecule has 0 aliphatic carbocycles. The van der Waals surface area contributed by atoms with Gasteiger partial charge in [-0.1, -0.05) is 35.6 Å². The van der Waals surface area contributed by atoms with E-state index in [9.17, 15) is 9.59 Å². The highest BCUT2D eigenvalue weighted by atomic mass is 32.1. The molecule has 188 valence electrons. The van der Waals surface area contributed by atoms with Gasteiger partial charge in [0.25, 0.3) is 0 Å². The third-order valence-electron chi connectivity index (χ3n) is 7.70. The van der Waals surface area contributed by atoms with Crippen LogP contribution in [0.15, 0.2) is 24.3 Å². The molecular formula is C26H36N6O2S. The molecule has 3 aliphatic rings. The number of amides is 2. The van der Waals surface area contributed by atoms with E-state index in [2.05, 4.69) is 56.5 Å². The van der Waals surface area contributed by atoms with Gasteiger partial charge in [-0.25, -0.2) is 0 Å². The van der Waals surface area contributed by atoms with Crippen molar-refractivity contribution in [2.75, 3.05) is 49.1 Å². The molecule has 5 rings (SSSR count). The Morgan fingerprint density at radius 3 is 2.63 bits per heavy atom. The monoisotopic (exact) mass is 496 g/mol. The summed E-state index contributed by atoms with van der Waals surface area (Å²) in [5.41, 5.74) is 2.77. The number of hydrogen-bond acceptors (Lipinski definition) is 7. The summed E-state index contributed by atoms with van der Waals surface area (Å²) in [7, 11) is 0. The smallest absolute Gasteiger partial charge is 0.228 e. The van der Waals surface area contributed by atoms with Gasteiger partial charge in [-0.15, -0.1) is 10.2 Å². The molecule has 0 bridgehead atoms. The van der Waals surface area contributed by atoms with Crippen LogP contribution in [0.4, 0.5) is 10.3 Å². The molecule has 3 aliphatic heterocycles. The first-order chi connectivity index (χ1) is 17.1. The lowest BCUT2D eigenvalue weighted by atomic mass is 9.94. The summed E-state index contributed by atoms with van der Waals surface area (Å²) in [4.78, 5) is 31.4. The maximum absolute atomic E-state index is 13.0. The van der Waals surface area contributed by atoms with Crippen LogP contribution in [0.25, 0.3) is 0 Å². The minimum atomic E-state index is -0.0225. The van der Waals surface area contributed by atoms with Crippen molar-refractivity contribution in [1.82, 2.24) is 20.4 Å². The van der Waals surface area contributed by atoms with Crippen LogP contribution in [0.2, 0.25) is 0 Å². The number of likely N-dealkylation sites (tertiary alicyclic amines) is 1. The molecule has 4 heterocycles. The maximum Gasteiger partial charge on any atom is 0.228 e. The molecule has 0 unspecified atom stereocenters. The zero-order valence-electron chi connectivity index (χ0n) is 20.6. The third-order valence-corrected chi connectivity index (χ3v) is 8.71. The molecule has 1 aromatic heterocycles. The van der Waals surface area contributed by atoms with Gasteiger partial charge in [0.1, 0.15) is 0 Å². The number of hydrogen-bond donors (Lipinski definition) is 1. The van der Waals surface area contributed by atoms with E-state index in [4.69, 9.17) is 0 Å². The van der Waals surface area contributed by atoms with Gasteiger partial charge in [0.2, 0.25) is 22.1 Å². The second kappa shape index (κ2) is 11.0. The Hall–Kier alpha value is -2.52. The summed E-state index contributed by atoms with van der Waals surface area (Å²) in [5.74, 6) is 0.822. The molecule has 1 aromatic carbocycles. The number of anilines is 2. The van der Waals surface area contributed by atoms with Crippen LogP contribution in [0.1, 0.15) is 49.7 Å². The van der Waals surface area contributed by atoms with Crippen LogP contribution in [0.5, 0.6) is 0 Å². The van der Waals surface area contributed by atoms with Gasteiger partial charge in [0.15, 0.2) is 0 Å². The van der Waals surface area contributed by atoms with Crippen molar-refractivity contribution in [2.45, 2.75) is 52.0 Å². The van der Waals surface area contributed by atoms with Crippen LogP contribution < -0.4 is 15.1 Å². The number of nitrogens with one attached hydrogen (secondary N) is 1. The number of carbonyl (C=O) groups excluding carboxylic acids is 2. The highest BCUT2D eigenvalue weighted by Crippen LogP contribution is 2.32. The van der Waals surface area contributed by atoms with Crippen LogP contribution in [0.3, 0.4) is 0 Å². The highest BCUT2D eigenvalue weighted by Gasteiger charge is 2.30. The SMILES string of the molecule is Cc1ccccc1CN1CCC(CNC(=O)[C@H]2CCCN(c3nnc(N4CCCC4=O)s3)C2)CC1. The molecule has 8 nitrogen and oxygen atoms in total. The molecule has 0 spiro atoms. The Balaban J connectivity index is 1.07. The van der Waals surface area contributed by atoms with Crippen molar-refractivity contribution in [2.24, 2.45) is 11.8 Å². The fraction of sp³-hybridized carbons (Fsp3) is 0.615. The number of benzene rings is 1. The summed E-state index contributed by atoms with van der Waals surface area (Å²) in [5, 5.41) is 13.3. The Morgan fingerprint density at radius 1 is 1.06 bits per heavy atom. The van der Waals surface area contributed by atoms with Gasteiger partial charge in [-0.2, -0.15) is 0 Å². The van der Waals surface area contributed by atoms with Gasteiger partial charge < -0.3 is 10.2 Å². The Labute approximate surface area is 211 Å². The van der Waals surface area contributed by atoms with E-state index in [0.29, 0.717) is 24.0 Å². The zero-order valence-corrected chi connectivity index (χ0v) is 21.4. The summed E-state index contributed by atoms with van der Waals surface area (Å²) in [6.45, 7) is 8.42. The normalized spacial score (nSPS) is 22.1. The number of carbonyl (C=O) groups is 2. The first-order valence-electron chi connectivity index (χ1n) is 13.0. The van der Waals surface area contributed by atoms with Crippen molar-refractivity contribution >= 4 is 33.4 Å². The van der Waals surface area contributed by atoms with Crippen molar-refractivity contribution in [1.29, 1.82) is 0 Å². The molecule has 3 fully saturated rings. The second-order valence-electron chi connectivity index (χ2n) is 10.2. The van der Waals surface area contributed by atoms with Gasteiger partial charge in [-0.05, 0) is 69.2 Å². The zero-order chi connectivity index (χ0) is 24.2. The average Bonchev–Trinajstić information content (AvgIpc) is 3.54. The maximum atomic E-state index is 13.0. The van der Waals surface area contributed by atoms with Crippen molar-refractivity contribution in [3.8, 4) is 0 Å². The van der Waals surface area contributed by atoms with E-state index in [1.54, 1.807) is 4.90 Å². The molecule has 1 N–H and O–H groups in total. The number of rotatable bonds is 7. The molecule has 2 aromatic rings. The molecule has 3 saturated heterocycles. The third kappa shape index (κ3) is 5.83. The minimum absolute atomic E-state index is 0.0225. The molecule has 35 heavy (non-hydrogen) atoms. The number of aromatic nitrogens is 2. The van der Waals surface area contributed by atoms with Crippen molar-refractivity contribution in [3.05, 3.63) is 35.4 Å². The van der Waals surface area contributed by atoms with Gasteiger partial charge in [0, 0.05) is 39.1 Å². The lowest BCUT2D eigenvalue weighted by Crippen LogP contribution is -2.45. The van der Waals surface area contributed by atoms with Gasteiger partial charge in [-0.3, -0.25) is 19.4 Å². The lowest BCUT2D eigenvalue weighted by Gasteiger charge is -2.34. The first kappa shape index (κ1) is 24.2. The largest absolute Gasteiger partial charge is 0.356 e. The summed E-state index contributed by atoms with van der Waals surface area (Å²) < 4.78 is 0. The quantitative estimate of drug-likeness (QED) is 0.634. The van der Waals surface area contributed by atoms with E-state index in [-0.39, 0.29) is 17.7 Å².